The molecule has 4 rings (SSSR count). The van der Waals surface area contributed by atoms with E-state index in [4.69, 9.17) is 4.74 Å². The molecule has 0 fully saturated rings. The first-order valence-corrected chi connectivity index (χ1v) is 8.93. The summed E-state index contributed by atoms with van der Waals surface area (Å²) in [5.74, 6) is 0.752. The van der Waals surface area contributed by atoms with Crippen LogP contribution in [0.2, 0.25) is 0 Å². The molecule has 0 saturated heterocycles. The lowest BCUT2D eigenvalue weighted by atomic mass is 10.0. The van der Waals surface area contributed by atoms with E-state index in [1.807, 2.05) is 12.1 Å². The topological polar surface area (TPSA) is 52.9 Å². The Morgan fingerprint density at radius 1 is 1.21 bits per heavy atom. The Balaban J connectivity index is 1.80. The zero-order valence-corrected chi connectivity index (χ0v) is 14.1. The van der Waals surface area contributed by atoms with Gasteiger partial charge in [-0.15, -0.1) is 11.3 Å². The average Bonchev–Trinajstić information content (AvgIpc) is 2.90. The van der Waals surface area contributed by atoms with Crippen LogP contribution in [0.3, 0.4) is 0 Å². The molecule has 0 aliphatic carbocycles. The van der Waals surface area contributed by atoms with Crippen molar-refractivity contribution in [3.8, 4) is 22.6 Å². The number of nitrogens with zero attached hydrogens (tertiary/aromatic N) is 1. The van der Waals surface area contributed by atoms with Gasteiger partial charge < -0.3 is 14.9 Å². The standard InChI is InChI=1S/C19H19NO3S/c21-7-5-20-6-8-23-19-14(11-20)9-13(10-17(19)22)16-12-24-18-4-2-1-3-15(16)18/h1-4,9-10,12,21-22H,5-8,11H2. The number of thiophene rings is 1. The van der Waals surface area contributed by atoms with E-state index in [1.165, 1.54) is 10.1 Å². The normalized spacial score (nSPS) is 15.0. The van der Waals surface area contributed by atoms with Crippen molar-refractivity contribution >= 4 is 21.4 Å². The predicted octanol–water partition coefficient (Wildman–Crippen LogP) is 3.46. The Bertz CT molecular complexity index is 874. The Kier molecular flexibility index (Phi) is 4.14. The largest absolute Gasteiger partial charge is 0.504 e. The molecule has 0 bridgehead atoms. The molecular weight excluding hydrogens is 322 g/mol. The molecule has 24 heavy (non-hydrogen) atoms. The van der Waals surface area contributed by atoms with Crippen molar-refractivity contribution in [2.24, 2.45) is 0 Å². The van der Waals surface area contributed by atoms with Gasteiger partial charge in [0.2, 0.25) is 0 Å². The molecule has 124 valence electrons. The number of phenols is 1. The van der Waals surface area contributed by atoms with Gasteiger partial charge in [-0.1, -0.05) is 18.2 Å². The zero-order valence-electron chi connectivity index (χ0n) is 13.2. The fourth-order valence-corrected chi connectivity index (χ4v) is 4.21. The Labute approximate surface area is 144 Å². The fourth-order valence-electron chi connectivity index (χ4n) is 3.24. The highest BCUT2D eigenvalue weighted by molar-refractivity contribution is 7.17. The minimum absolute atomic E-state index is 0.121. The Morgan fingerprint density at radius 3 is 2.96 bits per heavy atom. The Hall–Kier alpha value is -2.08. The summed E-state index contributed by atoms with van der Waals surface area (Å²) in [7, 11) is 0. The van der Waals surface area contributed by atoms with Gasteiger partial charge in [-0.3, -0.25) is 4.90 Å². The first-order valence-electron chi connectivity index (χ1n) is 8.05. The first kappa shape index (κ1) is 15.4. The number of rotatable bonds is 3. The summed E-state index contributed by atoms with van der Waals surface area (Å²) in [5, 5.41) is 23.0. The maximum atomic E-state index is 10.5. The lowest BCUT2D eigenvalue weighted by Crippen LogP contribution is -2.28. The van der Waals surface area contributed by atoms with Gasteiger partial charge in [0.05, 0.1) is 6.61 Å². The summed E-state index contributed by atoms with van der Waals surface area (Å²) in [5.41, 5.74) is 3.09. The number of ether oxygens (including phenoxy) is 1. The molecule has 0 radical (unpaired) electrons. The molecule has 2 heterocycles. The number of benzene rings is 2. The fraction of sp³-hybridized carbons (Fsp3) is 0.263. The van der Waals surface area contributed by atoms with E-state index in [1.54, 1.807) is 17.4 Å². The molecule has 1 aliphatic rings. The van der Waals surface area contributed by atoms with Gasteiger partial charge in [0, 0.05) is 40.8 Å². The maximum absolute atomic E-state index is 10.5. The van der Waals surface area contributed by atoms with Crippen LogP contribution < -0.4 is 4.74 Å². The maximum Gasteiger partial charge on any atom is 0.165 e. The smallest absolute Gasteiger partial charge is 0.165 e. The number of β-amino-alcohol motifs (C(OH)–C–C–N with tert-alkyl or cyclic N) is 1. The Morgan fingerprint density at radius 2 is 2.08 bits per heavy atom. The van der Waals surface area contributed by atoms with Crippen LogP contribution in [0.15, 0.2) is 41.8 Å². The predicted molar refractivity (Wildman–Crippen MR) is 96.8 cm³/mol. The molecule has 5 heteroatoms. The van der Waals surface area contributed by atoms with Crippen LogP contribution in [0.5, 0.6) is 11.5 Å². The van der Waals surface area contributed by atoms with Gasteiger partial charge in [0.15, 0.2) is 11.5 Å². The van der Waals surface area contributed by atoms with Crippen LogP contribution in [0.1, 0.15) is 5.56 Å². The second kappa shape index (κ2) is 6.43. The highest BCUT2D eigenvalue weighted by atomic mass is 32.1. The second-order valence-corrected chi connectivity index (χ2v) is 6.89. The molecule has 3 aromatic rings. The van der Waals surface area contributed by atoms with E-state index in [2.05, 4.69) is 28.5 Å². The van der Waals surface area contributed by atoms with Gasteiger partial charge in [-0.2, -0.15) is 0 Å². The molecule has 1 aliphatic heterocycles. The minimum Gasteiger partial charge on any atom is -0.504 e. The third-order valence-corrected chi connectivity index (χ3v) is 5.37. The van der Waals surface area contributed by atoms with Crippen molar-refractivity contribution in [1.82, 2.24) is 4.90 Å². The van der Waals surface area contributed by atoms with Crippen LogP contribution >= 0.6 is 11.3 Å². The highest BCUT2D eigenvalue weighted by Gasteiger charge is 2.20. The number of hydrogen-bond acceptors (Lipinski definition) is 5. The van der Waals surface area contributed by atoms with Crippen LogP contribution in [-0.4, -0.2) is 41.4 Å². The van der Waals surface area contributed by atoms with E-state index in [9.17, 15) is 10.2 Å². The van der Waals surface area contributed by atoms with E-state index in [0.717, 1.165) is 23.2 Å². The van der Waals surface area contributed by atoms with E-state index in [-0.39, 0.29) is 12.4 Å². The number of phenolic OH excluding ortho intramolecular Hbond substituents is 1. The van der Waals surface area contributed by atoms with Gasteiger partial charge in [-0.25, -0.2) is 0 Å². The van der Waals surface area contributed by atoms with Gasteiger partial charge in [0.1, 0.15) is 6.61 Å². The molecule has 4 nitrogen and oxygen atoms in total. The SMILES string of the molecule is OCCN1CCOc2c(O)cc(-c3csc4ccccc34)cc2C1. The molecular formula is C19H19NO3S. The van der Waals surface area contributed by atoms with Gasteiger partial charge in [-0.05, 0) is 29.1 Å². The lowest BCUT2D eigenvalue weighted by Gasteiger charge is -2.18. The number of aromatic hydroxyl groups is 1. The van der Waals surface area contributed by atoms with Crippen LogP contribution in [0, 0.1) is 0 Å². The van der Waals surface area contributed by atoms with E-state index >= 15 is 0 Å². The monoisotopic (exact) mass is 341 g/mol. The summed E-state index contributed by atoms with van der Waals surface area (Å²) in [6.07, 6.45) is 0. The molecule has 0 atom stereocenters. The van der Waals surface area contributed by atoms with Crippen LogP contribution in [0.25, 0.3) is 21.2 Å². The van der Waals surface area contributed by atoms with Crippen molar-refractivity contribution in [1.29, 1.82) is 0 Å². The van der Waals surface area contributed by atoms with E-state index < -0.39 is 0 Å². The highest BCUT2D eigenvalue weighted by Crippen LogP contribution is 2.41. The first-order chi connectivity index (χ1) is 11.8. The van der Waals surface area contributed by atoms with Crippen LogP contribution in [0.4, 0.5) is 0 Å². The summed E-state index contributed by atoms with van der Waals surface area (Å²) in [4.78, 5) is 2.14. The molecule has 2 aromatic carbocycles. The zero-order chi connectivity index (χ0) is 16.5. The lowest BCUT2D eigenvalue weighted by molar-refractivity contribution is 0.176. The quantitative estimate of drug-likeness (QED) is 0.766. The van der Waals surface area contributed by atoms with Crippen molar-refractivity contribution in [2.45, 2.75) is 6.54 Å². The third-order valence-electron chi connectivity index (χ3n) is 4.40. The minimum atomic E-state index is 0.121. The van der Waals surface area contributed by atoms with Crippen molar-refractivity contribution < 1.29 is 14.9 Å². The van der Waals surface area contributed by atoms with Crippen molar-refractivity contribution in [3.05, 3.63) is 47.3 Å². The molecule has 2 N–H and O–H groups in total. The third kappa shape index (κ3) is 2.75. The molecule has 0 spiro atoms. The van der Waals surface area contributed by atoms with Crippen molar-refractivity contribution in [3.63, 3.8) is 0 Å². The van der Waals surface area contributed by atoms with Crippen molar-refractivity contribution in [2.75, 3.05) is 26.3 Å². The summed E-state index contributed by atoms with van der Waals surface area (Å²) in [6, 6.07) is 12.2. The summed E-state index contributed by atoms with van der Waals surface area (Å²) < 4.78 is 6.98. The summed E-state index contributed by atoms with van der Waals surface area (Å²) in [6.45, 7) is 2.65. The molecule has 1 aromatic heterocycles. The van der Waals surface area contributed by atoms with Crippen LogP contribution in [-0.2, 0) is 6.54 Å². The second-order valence-electron chi connectivity index (χ2n) is 5.98. The summed E-state index contributed by atoms with van der Waals surface area (Å²) >= 11 is 1.71. The number of fused-ring (bicyclic) bond motifs is 2. The number of aliphatic hydroxyl groups excluding tert-OH is 1. The molecule has 0 unspecified atom stereocenters. The molecule has 0 amide bonds. The van der Waals surface area contributed by atoms with Gasteiger partial charge >= 0.3 is 0 Å². The average molecular weight is 341 g/mol. The molecule has 0 saturated carbocycles. The van der Waals surface area contributed by atoms with Gasteiger partial charge in [0.25, 0.3) is 0 Å². The number of aliphatic hydroxyl groups is 1. The van der Waals surface area contributed by atoms with E-state index in [0.29, 0.717) is 25.4 Å². The number of hydrogen-bond donors (Lipinski definition) is 2.